The highest BCUT2D eigenvalue weighted by Gasteiger charge is 2.41. The number of allylic oxidation sites excluding steroid dienone is 1. The van der Waals surface area contributed by atoms with Gasteiger partial charge in [-0.2, -0.15) is 0 Å². The van der Waals surface area contributed by atoms with Gasteiger partial charge < -0.3 is 14.2 Å². The summed E-state index contributed by atoms with van der Waals surface area (Å²) >= 11 is 1.51. The fourth-order valence-electron chi connectivity index (χ4n) is 3.31. The Balaban J connectivity index is 2.08. The van der Waals surface area contributed by atoms with Crippen molar-refractivity contribution >= 4 is 28.8 Å². The first kappa shape index (κ1) is 21.2. The first-order valence-electron chi connectivity index (χ1n) is 9.50. The van der Waals surface area contributed by atoms with Crippen LogP contribution in [0, 0.1) is 5.92 Å². The molecular formula is C21H26N2O5S. The van der Waals surface area contributed by atoms with Gasteiger partial charge in [-0.3, -0.25) is 9.69 Å². The molecule has 29 heavy (non-hydrogen) atoms. The predicted molar refractivity (Wildman–Crippen MR) is 112 cm³/mol. The number of amides is 1. The van der Waals surface area contributed by atoms with Crippen LogP contribution in [0.1, 0.15) is 38.8 Å². The van der Waals surface area contributed by atoms with E-state index in [2.05, 4.69) is 18.8 Å². The minimum Gasteiger partial charge on any atom is -0.493 e. The van der Waals surface area contributed by atoms with E-state index in [-0.39, 0.29) is 5.91 Å². The van der Waals surface area contributed by atoms with E-state index in [1.54, 1.807) is 18.9 Å². The number of benzene rings is 1. The Morgan fingerprint density at radius 1 is 1.31 bits per heavy atom. The number of methoxy groups -OCH3 is 2. The summed E-state index contributed by atoms with van der Waals surface area (Å²) in [7, 11) is 2.90. The summed E-state index contributed by atoms with van der Waals surface area (Å²) < 4.78 is 16.4. The van der Waals surface area contributed by atoms with Crippen LogP contribution >= 0.6 is 11.8 Å². The van der Waals surface area contributed by atoms with Crippen LogP contribution in [-0.4, -0.2) is 48.5 Å². The zero-order chi connectivity index (χ0) is 21.1. The molecule has 3 rings (SSSR count). The summed E-state index contributed by atoms with van der Waals surface area (Å²) in [5.74, 6) is 1.64. The smallest absolute Gasteiger partial charge is 0.338 e. The van der Waals surface area contributed by atoms with Crippen LogP contribution < -0.4 is 9.47 Å². The van der Waals surface area contributed by atoms with E-state index in [4.69, 9.17) is 14.2 Å². The SMILES string of the molecule is COC(=O)C1=C(C)N=C2SCCC(=O)N2[C@@H]1c1ccc(OCC(C)C)c(OC)c1. The summed E-state index contributed by atoms with van der Waals surface area (Å²) in [4.78, 5) is 31.5. The number of thioether (sulfide) groups is 1. The maximum Gasteiger partial charge on any atom is 0.338 e. The number of rotatable bonds is 6. The molecule has 1 aromatic rings. The van der Waals surface area contributed by atoms with Gasteiger partial charge in [0.1, 0.15) is 0 Å². The number of ether oxygens (including phenoxy) is 3. The van der Waals surface area contributed by atoms with Crippen LogP contribution in [0.4, 0.5) is 0 Å². The van der Waals surface area contributed by atoms with Gasteiger partial charge >= 0.3 is 5.97 Å². The maximum absolute atomic E-state index is 12.8. The molecule has 7 nitrogen and oxygen atoms in total. The Bertz CT molecular complexity index is 878. The molecular weight excluding hydrogens is 392 g/mol. The van der Waals surface area contributed by atoms with Gasteiger partial charge in [0.15, 0.2) is 16.7 Å². The maximum atomic E-state index is 12.8. The number of fused-ring (bicyclic) bond motifs is 1. The normalized spacial score (nSPS) is 19.1. The second-order valence-corrected chi connectivity index (χ2v) is 8.33. The largest absolute Gasteiger partial charge is 0.493 e. The molecule has 0 aromatic heterocycles. The van der Waals surface area contributed by atoms with Gasteiger partial charge in [-0.05, 0) is 30.5 Å². The molecule has 0 radical (unpaired) electrons. The molecule has 1 saturated heterocycles. The lowest BCUT2D eigenvalue weighted by molar-refractivity contribution is -0.137. The summed E-state index contributed by atoms with van der Waals surface area (Å²) in [6.45, 7) is 6.46. The van der Waals surface area contributed by atoms with Crippen LogP contribution in [0.25, 0.3) is 0 Å². The average Bonchev–Trinajstić information content (AvgIpc) is 2.70. The molecule has 0 N–H and O–H groups in total. The Morgan fingerprint density at radius 3 is 2.72 bits per heavy atom. The van der Waals surface area contributed by atoms with Gasteiger partial charge in [-0.15, -0.1) is 0 Å². The number of carbonyl (C=O) groups excluding carboxylic acids is 2. The minimum atomic E-state index is -0.622. The molecule has 2 aliphatic heterocycles. The van der Waals surface area contributed by atoms with E-state index in [0.717, 1.165) is 5.56 Å². The van der Waals surface area contributed by atoms with Crippen molar-refractivity contribution < 1.29 is 23.8 Å². The summed E-state index contributed by atoms with van der Waals surface area (Å²) in [5.41, 5.74) is 1.64. The number of hydrogen-bond donors (Lipinski definition) is 0. The van der Waals surface area contributed by atoms with Crippen LogP contribution in [0.15, 0.2) is 34.5 Å². The average molecular weight is 419 g/mol. The lowest BCUT2D eigenvalue weighted by Crippen LogP contribution is -2.45. The van der Waals surface area contributed by atoms with Crippen molar-refractivity contribution in [2.24, 2.45) is 10.9 Å². The quantitative estimate of drug-likeness (QED) is 0.658. The molecule has 0 unspecified atom stereocenters. The number of hydrogen-bond acceptors (Lipinski definition) is 7. The third-order valence-electron chi connectivity index (χ3n) is 4.69. The number of esters is 1. The molecule has 1 fully saturated rings. The predicted octanol–water partition coefficient (Wildman–Crippen LogP) is 3.55. The molecule has 0 saturated carbocycles. The molecule has 0 spiro atoms. The van der Waals surface area contributed by atoms with Gasteiger partial charge in [-0.25, -0.2) is 9.79 Å². The van der Waals surface area contributed by atoms with Crippen molar-refractivity contribution in [2.75, 3.05) is 26.6 Å². The molecule has 156 valence electrons. The molecule has 0 bridgehead atoms. The van der Waals surface area contributed by atoms with Gasteiger partial charge in [0, 0.05) is 12.2 Å². The van der Waals surface area contributed by atoms with Crippen molar-refractivity contribution in [1.82, 2.24) is 4.90 Å². The first-order valence-corrected chi connectivity index (χ1v) is 10.5. The Labute approximate surface area is 175 Å². The van der Waals surface area contributed by atoms with Crippen LogP contribution in [0.2, 0.25) is 0 Å². The standard InChI is InChI=1S/C21H26N2O5S/c1-12(2)11-28-15-7-6-14(10-16(15)26-4)19-18(20(25)27-5)13(3)22-21-23(19)17(24)8-9-29-21/h6-7,10,12,19H,8-9,11H2,1-5H3/t19-/m1/s1. The highest BCUT2D eigenvalue weighted by molar-refractivity contribution is 8.14. The van der Waals surface area contributed by atoms with Crippen molar-refractivity contribution in [3.8, 4) is 11.5 Å². The summed E-state index contributed by atoms with van der Waals surface area (Å²) in [6.07, 6.45) is 0.389. The molecule has 1 amide bonds. The molecule has 1 atom stereocenters. The van der Waals surface area contributed by atoms with E-state index >= 15 is 0 Å². The number of amidine groups is 1. The van der Waals surface area contributed by atoms with Crippen LogP contribution in [0.3, 0.4) is 0 Å². The fraction of sp³-hybridized carbons (Fsp3) is 0.476. The van der Waals surface area contributed by atoms with Crippen molar-refractivity contribution in [1.29, 1.82) is 0 Å². The lowest BCUT2D eigenvalue weighted by atomic mass is 9.94. The fourth-order valence-corrected chi connectivity index (χ4v) is 4.32. The zero-order valence-electron chi connectivity index (χ0n) is 17.4. The monoisotopic (exact) mass is 418 g/mol. The second-order valence-electron chi connectivity index (χ2n) is 7.26. The highest BCUT2D eigenvalue weighted by atomic mass is 32.2. The molecule has 0 aliphatic carbocycles. The molecule has 2 heterocycles. The molecule has 8 heteroatoms. The zero-order valence-corrected chi connectivity index (χ0v) is 18.2. The number of nitrogens with zero attached hydrogens (tertiary/aromatic N) is 2. The number of aliphatic imine (C=N–C) groups is 1. The third-order valence-corrected chi connectivity index (χ3v) is 5.64. The highest BCUT2D eigenvalue weighted by Crippen LogP contribution is 2.42. The summed E-state index contributed by atoms with van der Waals surface area (Å²) in [6, 6.07) is 4.86. The Kier molecular flexibility index (Phi) is 6.52. The molecule has 2 aliphatic rings. The first-order chi connectivity index (χ1) is 13.9. The third kappa shape index (κ3) is 4.27. The van der Waals surface area contributed by atoms with E-state index in [1.165, 1.54) is 18.9 Å². The molecule has 1 aromatic carbocycles. The summed E-state index contributed by atoms with van der Waals surface area (Å²) in [5, 5.41) is 0.607. The van der Waals surface area contributed by atoms with E-state index < -0.39 is 12.0 Å². The van der Waals surface area contributed by atoms with Crippen LogP contribution in [-0.2, 0) is 14.3 Å². The van der Waals surface area contributed by atoms with E-state index in [1.807, 2.05) is 18.2 Å². The van der Waals surface area contributed by atoms with Crippen molar-refractivity contribution in [2.45, 2.75) is 33.2 Å². The van der Waals surface area contributed by atoms with Crippen molar-refractivity contribution in [3.05, 3.63) is 35.0 Å². The lowest BCUT2D eigenvalue weighted by Gasteiger charge is -2.38. The Morgan fingerprint density at radius 2 is 2.07 bits per heavy atom. The van der Waals surface area contributed by atoms with Crippen LogP contribution in [0.5, 0.6) is 11.5 Å². The minimum absolute atomic E-state index is 0.0690. The topological polar surface area (TPSA) is 77.4 Å². The van der Waals surface area contributed by atoms with E-state index in [0.29, 0.717) is 52.6 Å². The Hall–Kier alpha value is -2.48. The van der Waals surface area contributed by atoms with Gasteiger partial charge in [-0.1, -0.05) is 31.7 Å². The van der Waals surface area contributed by atoms with E-state index in [9.17, 15) is 9.59 Å². The number of carbonyl (C=O) groups is 2. The van der Waals surface area contributed by atoms with Gasteiger partial charge in [0.25, 0.3) is 0 Å². The second kappa shape index (κ2) is 8.90. The van der Waals surface area contributed by atoms with Gasteiger partial charge in [0.2, 0.25) is 5.91 Å². The van der Waals surface area contributed by atoms with Gasteiger partial charge in [0.05, 0.1) is 38.1 Å². The van der Waals surface area contributed by atoms with Crippen molar-refractivity contribution in [3.63, 3.8) is 0 Å².